The van der Waals surface area contributed by atoms with Gasteiger partial charge in [0.1, 0.15) is 39.8 Å². The van der Waals surface area contributed by atoms with E-state index in [9.17, 15) is 9.59 Å². The van der Waals surface area contributed by atoms with Crippen molar-refractivity contribution >= 4 is 23.1 Å². The van der Waals surface area contributed by atoms with Crippen molar-refractivity contribution in [1.82, 2.24) is 10.6 Å². The van der Waals surface area contributed by atoms with Crippen LogP contribution in [0.4, 0.5) is 4.79 Å². The van der Waals surface area contributed by atoms with E-state index in [1.165, 1.54) is 11.1 Å². The molecule has 2 N–H and O–H groups in total. The van der Waals surface area contributed by atoms with E-state index in [1.807, 2.05) is 45.0 Å². The number of rotatable bonds is 14. The molecule has 9 nitrogen and oxygen atoms in total. The number of benzene rings is 2. The van der Waals surface area contributed by atoms with Crippen molar-refractivity contribution in [3.05, 3.63) is 47.5 Å². The molecule has 48 heavy (non-hydrogen) atoms. The molecule has 9 heteroatoms. The third kappa shape index (κ3) is 11.1. The lowest BCUT2D eigenvalue weighted by Crippen LogP contribution is -2.35. The topological polar surface area (TPSA) is 104 Å². The van der Waals surface area contributed by atoms with Crippen LogP contribution in [0.5, 0.6) is 23.0 Å². The molecular weight excluding hydrogens is 608 g/mol. The van der Waals surface area contributed by atoms with E-state index >= 15 is 0 Å². The van der Waals surface area contributed by atoms with Crippen LogP contribution in [-0.2, 0) is 9.53 Å². The van der Waals surface area contributed by atoms with Crippen molar-refractivity contribution in [3.63, 3.8) is 0 Å². The fraction of sp³-hybridized carbons (Fsp3) is 0.590. The molecule has 0 aliphatic carbocycles. The Kier molecular flexibility index (Phi) is 12.3. The van der Waals surface area contributed by atoms with Crippen molar-refractivity contribution < 1.29 is 33.3 Å². The lowest BCUT2D eigenvalue weighted by molar-refractivity contribution is -0.121. The van der Waals surface area contributed by atoms with Crippen LogP contribution in [0.1, 0.15) is 117 Å². The van der Waals surface area contributed by atoms with Gasteiger partial charge in [-0.2, -0.15) is 0 Å². The van der Waals surface area contributed by atoms with E-state index in [2.05, 4.69) is 50.5 Å². The second-order valence-electron chi connectivity index (χ2n) is 15.1. The lowest BCUT2D eigenvalue weighted by Gasteiger charge is -2.39. The number of ether oxygens (including phenoxy) is 5. The van der Waals surface area contributed by atoms with Crippen molar-refractivity contribution in [2.75, 3.05) is 26.8 Å². The molecule has 264 valence electrons. The zero-order chi connectivity index (χ0) is 35.0. The number of carbonyl (C=O) groups is 2. The monoisotopic (exact) mass is 664 g/mol. The van der Waals surface area contributed by atoms with Crippen LogP contribution < -0.4 is 29.6 Å². The van der Waals surface area contributed by atoms with Gasteiger partial charge < -0.3 is 34.3 Å². The first-order valence-electron chi connectivity index (χ1n) is 17.4. The molecule has 0 aromatic heterocycles. The largest absolute Gasteiger partial charge is 0.497 e. The van der Waals surface area contributed by atoms with E-state index in [-0.39, 0.29) is 23.2 Å². The van der Waals surface area contributed by atoms with E-state index in [0.717, 1.165) is 85.5 Å². The molecule has 2 aromatic rings. The first-order valence-corrected chi connectivity index (χ1v) is 17.4. The summed E-state index contributed by atoms with van der Waals surface area (Å²) >= 11 is 0. The zero-order valence-electron chi connectivity index (χ0n) is 30.3. The van der Waals surface area contributed by atoms with Gasteiger partial charge in [0.05, 0.1) is 13.7 Å². The number of hydrogen-bond donors (Lipinski definition) is 2. The predicted octanol–water partition coefficient (Wildman–Crippen LogP) is 8.48. The van der Waals surface area contributed by atoms with Gasteiger partial charge in [-0.25, -0.2) is 4.79 Å². The number of methoxy groups -OCH3 is 1. The standard InChI is InChI=1S/C39H56N2O7/c1-37(2,3)48-36(43)41-21-13-10-9-12-20-40-35(42)15-11-14-22-45-28-17-19-30-32(26-39(6,7)47-34(30)24-28)31-25-38(4,5)46-33-23-27(44-8)16-18-29(31)33/h16-19,23-24H,9-15,20-22,25-26H2,1-8H3,(H,40,42)(H,41,43)/b32-31+. The van der Waals surface area contributed by atoms with E-state index in [4.69, 9.17) is 23.7 Å². The molecule has 2 aliphatic heterocycles. The van der Waals surface area contributed by atoms with Crippen LogP contribution >= 0.6 is 0 Å². The highest BCUT2D eigenvalue weighted by Gasteiger charge is 2.37. The van der Waals surface area contributed by atoms with E-state index < -0.39 is 5.60 Å². The van der Waals surface area contributed by atoms with Crippen molar-refractivity contribution in [3.8, 4) is 23.0 Å². The molecule has 2 amide bonds. The molecule has 2 aliphatic rings. The maximum Gasteiger partial charge on any atom is 0.407 e. The first kappa shape index (κ1) is 36.9. The highest BCUT2D eigenvalue weighted by molar-refractivity contribution is 5.96. The first-order chi connectivity index (χ1) is 22.6. The number of hydrogen-bond acceptors (Lipinski definition) is 7. The van der Waals surface area contributed by atoms with Gasteiger partial charge in [-0.3, -0.25) is 4.79 Å². The van der Waals surface area contributed by atoms with Gasteiger partial charge >= 0.3 is 6.09 Å². The quantitative estimate of drug-likeness (QED) is 0.195. The summed E-state index contributed by atoms with van der Waals surface area (Å²) < 4.78 is 29.7. The molecule has 0 saturated carbocycles. The highest BCUT2D eigenvalue weighted by Crippen LogP contribution is 2.50. The van der Waals surface area contributed by atoms with Crippen LogP contribution in [0.2, 0.25) is 0 Å². The summed E-state index contributed by atoms with van der Waals surface area (Å²) in [4.78, 5) is 23.9. The number of alkyl carbamates (subject to hydrolysis) is 1. The van der Waals surface area contributed by atoms with Gasteiger partial charge in [-0.05, 0) is 110 Å². The Bertz CT molecular complexity index is 1450. The summed E-state index contributed by atoms with van der Waals surface area (Å²) in [6.45, 7) is 15.8. The lowest BCUT2D eigenvalue weighted by atomic mass is 9.79. The average molecular weight is 665 g/mol. The van der Waals surface area contributed by atoms with Crippen molar-refractivity contribution in [1.29, 1.82) is 0 Å². The number of unbranched alkanes of at least 4 members (excludes halogenated alkanes) is 4. The molecule has 2 heterocycles. The molecule has 0 bridgehead atoms. The second kappa shape index (κ2) is 16.0. The van der Waals surface area contributed by atoms with Crippen LogP contribution in [0, 0.1) is 0 Å². The highest BCUT2D eigenvalue weighted by atomic mass is 16.6. The van der Waals surface area contributed by atoms with E-state index in [0.29, 0.717) is 26.1 Å². The molecule has 0 unspecified atom stereocenters. The van der Waals surface area contributed by atoms with Crippen LogP contribution in [0.25, 0.3) is 11.1 Å². The van der Waals surface area contributed by atoms with Gasteiger partial charge in [0.15, 0.2) is 0 Å². The molecule has 0 spiro atoms. The van der Waals surface area contributed by atoms with Crippen LogP contribution in [0.3, 0.4) is 0 Å². The fourth-order valence-electron chi connectivity index (χ4n) is 6.14. The van der Waals surface area contributed by atoms with Gasteiger partial charge in [-0.1, -0.05) is 12.8 Å². The Morgan fingerprint density at radius 3 is 1.85 bits per heavy atom. The minimum atomic E-state index is -0.485. The molecule has 0 atom stereocenters. The van der Waals surface area contributed by atoms with Crippen LogP contribution in [0.15, 0.2) is 36.4 Å². The Morgan fingerprint density at radius 2 is 1.29 bits per heavy atom. The number of amides is 2. The maximum absolute atomic E-state index is 12.3. The average Bonchev–Trinajstić information content (AvgIpc) is 2.99. The number of nitrogens with one attached hydrogen (secondary N) is 2. The molecule has 2 aromatic carbocycles. The zero-order valence-corrected chi connectivity index (χ0v) is 30.3. The third-order valence-corrected chi connectivity index (χ3v) is 8.29. The molecule has 0 radical (unpaired) electrons. The maximum atomic E-state index is 12.3. The smallest absolute Gasteiger partial charge is 0.407 e. The Labute approximate surface area is 287 Å². The molecular formula is C39H56N2O7. The summed E-state index contributed by atoms with van der Waals surface area (Å²) in [6.07, 6.45) is 7.02. The third-order valence-electron chi connectivity index (χ3n) is 8.29. The Balaban J connectivity index is 1.22. The van der Waals surface area contributed by atoms with Gasteiger partial charge in [0, 0.05) is 55.6 Å². The molecule has 0 saturated heterocycles. The Morgan fingerprint density at radius 1 is 0.750 bits per heavy atom. The van der Waals surface area contributed by atoms with Crippen LogP contribution in [-0.4, -0.2) is 55.6 Å². The molecule has 0 fully saturated rings. The predicted molar refractivity (Wildman–Crippen MR) is 190 cm³/mol. The van der Waals surface area contributed by atoms with E-state index in [1.54, 1.807) is 7.11 Å². The minimum absolute atomic E-state index is 0.0721. The fourth-order valence-corrected chi connectivity index (χ4v) is 6.14. The van der Waals surface area contributed by atoms with Crippen molar-refractivity contribution in [2.24, 2.45) is 0 Å². The van der Waals surface area contributed by atoms with Crippen molar-refractivity contribution in [2.45, 2.75) is 123 Å². The SMILES string of the molecule is COc1ccc2c(c1)OC(C)(C)C/C2=C1/CC(C)(C)Oc2cc(OCCCCC(=O)NCCCCCCNC(=O)OC(C)(C)C)ccc21. The Hall–Kier alpha value is -3.88. The summed E-state index contributed by atoms with van der Waals surface area (Å²) in [5.41, 5.74) is 3.52. The minimum Gasteiger partial charge on any atom is -0.497 e. The summed E-state index contributed by atoms with van der Waals surface area (Å²) in [5.74, 6) is 3.28. The summed E-state index contributed by atoms with van der Waals surface area (Å²) in [7, 11) is 1.67. The van der Waals surface area contributed by atoms with Gasteiger partial charge in [0.25, 0.3) is 0 Å². The van der Waals surface area contributed by atoms with Gasteiger partial charge in [0.2, 0.25) is 5.91 Å². The number of fused-ring (bicyclic) bond motifs is 2. The molecule has 4 rings (SSSR count). The summed E-state index contributed by atoms with van der Waals surface area (Å²) in [6, 6.07) is 12.2. The second-order valence-corrected chi connectivity index (χ2v) is 15.1. The summed E-state index contributed by atoms with van der Waals surface area (Å²) in [5, 5.41) is 5.79. The number of carbonyl (C=O) groups excluding carboxylic acids is 2. The normalized spacial score (nSPS) is 17.6. The van der Waals surface area contributed by atoms with Gasteiger partial charge in [-0.15, -0.1) is 0 Å².